The van der Waals surface area contributed by atoms with Crippen molar-refractivity contribution in [1.29, 1.82) is 0 Å². The number of anilines is 1. The van der Waals surface area contributed by atoms with Crippen molar-refractivity contribution in [1.82, 2.24) is 0 Å². The largest absolute Gasteiger partial charge is 0.322 e. The fourth-order valence-electron chi connectivity index (χ4n) is 1.49. The van der Waals surface area contributed by atoms with Crippen LogP contribution in [-0.2, 0) is 4.79 Å². The van der Waals surface area contributed by atoms with Crippen molar-refractivity contribution in [3.05, 3.63) is 70.5 Å². The minimum atomic E-state index is -0.336. The molecule has 0 atom stereocenters. The third kappa shape index (κ3) is 4.03. The van der Waals surface area contributed by atoms with Crippen molar-refractivity contribution < 1.29 is 9.18 Å². The molecule has 0 aliphatic carbocycles. The molecule has 0 spiro atoms. The first-order valence-electron chi connectivity index (χ1n) is 5.64. The minimum Gasteiger partial charge on any atom is -0.322 e. The molecule has 0 bridgehead atoms. The molecule has 2 nitrogen and oxygen atoms in total. The topological polar surface area (TPSA) is 29.1 Å². The van der Waals surface area contributed by atoms with Gasteiger partial charge >= 0.3 is 0 Å². The monoisotopic (exact) mass is 319 g/mol. The highest BCUT2D eigenvalue weighted by Crippen LogP contribution is 2.15. The van der Waals surface area contributed by atoms with Gasteiger partial charge < -0.3 is 5.32 Å². The van der Waals surface area contributed by atoms with E-state index in [2.05, 4.69) is 21.2 Å². The van der Waals surface area contributed by atoms with Gasteiger partial charge in [0.05, 0.1) is 4.48 Å². The average molecular weight is 320 g/mol. The fourth-order valence-corrected chi connectivity index (χ4v) is 1.85. The second kappa shape index (κ2) is 6.29. The van der Waals surface area contributed by atoms with E-state index in [1.807, 2.05) is 30.3 Å². The lowest BCUT2D eigenvalue weighted by molar-refractivity contribution is -0.112. The molecule has 2 rings (SSSR count). The Hall–Kier alpha value is -1.94. The van der Waals surface area contributed by atoms with Crippen LogP contribution in [0.15, 0.2) is 59.1 Å². The average Bonchev–Trinajstić information content (AvgIpc) is 2.42. The molecule has 0 saturated carbocycles. The number of carbonyl (C=O) groups is 1. The normalized spacial score (nSPS) is 11.2. The molecule has 0 heterocycles. The maximum Gasteiger partial charge on any atom is 0.262 e. The molecule has 0 fully saturated rings. The number of halogens is 2. The summed E-state index contributed by atoms with van der Waals surface area (Å²) in [6.45, 7) is 0. The van der Waals surface area contributed by atoms with E-state index in [4.69, 9.17) is 0 Å². The molecule has 0 saturated heterocycles. The molecule has 0 aliphatic rings. The van der Waals surface area contributed by atoms with E-state index in [0.29, 0.717) is 10.2 Å². The van der Waals surface area contributed by atoms with E-state index in [1.165, 1.54) is 24.3 Å². The Balaban J connectivity index is 2.07. The Morgan fingerprint density at radius 3 is 2.32 bits per heavy atom. The zero-order chi connectivity index (χ0) is 13.7. The van der Waals surface area contributed by atoms with E-state index < -0.39 is 0 Å². The van der Waals surface area contributed by atoms with Crippen molar-refractivity contribution in [2.24, 2.45) is 0 Å². The van der Waals surface area contributed by atoms with Crippen LogP contribution in [-0.4, -0.2) is 5.91 Å². The molecule has 0 unspecified atom stereocenters. The number of carbonyl (C=O) groups excluding carboxylic acids is 1. The third-order valence-corrected chi connectivity index (χ3v) is 3.00. The lowest BCUT2D eigenvalue weighted by atomic mass is 10.2. The lowest BCUT2D eigenvalue weighted by Crippen LogP contribution is -2.11. The van der Waals surface area contributed by atoms with Crippen LogP contribution in [0.1, 0.15) is 5.56 Å². The Kier molecular flexibility index (Phi) is 4.47. The summed E-state index contributed by atoms with van der Waals surface area (Å²) in [5.41, 5.74) is 1.47. The zero-order valence-corrected chi connectivity index (χ0v) is 11.5. The molecular formula is C15H11BrFNO. The van der Waals surface area contributed by atoms with Gasteiger partial charge in [0.2, 0.25) is 0 Å². The highest BCUT2D eigenvalue weighted by Gasteiger charge is 2.06. The van der Waals surface area contributed by atoms with Gasteiger partial charge in [0.15, 0.2) is 0 Å². The van der Waals surface area contributed by atoms with Crippen LogP contribution in [0.4, 0.5) is 10.1 Å². The van der Waals surface area contributed by atoms with E-state index >= 15 is 0 Å². The van der Waals surface area contributed by atoms with Gasteiger partial charge in [-0.2, -0.15) is 0 Å². The molecule has 0 aromatic heterocycles. The van der Waals surface area contributed by atoms with Gasteiger partial charge in [0, 0.05) is 5.69 Å². The predicted molar refractivity (Wildman–Crippen MR) is 78.4 cm³/mol. The molecule has 0 radical (unpaired) electrons. The summed E-state index contributed by atoms with van der Waals surface area (Å²) < 4.78 is 13.1. The number of hydrogen-bond donors (Lipinski definition) is 1. The van der Waals surface area contributed by atoms with Gasteiger partial charge in [-0.05, 0) is 51.8 Å². The molecule has 19 heavy (non-hydrogen) atoms. The number of nitrogens with one attached hydrogen (secondary N) is 1. The van der Waals surface area contributed by atoms with E-state index in [-0.39, 0.29) is 11.7 Å². The fraction of sp³-hybridized carbons (Fsp3) is 0. The predicted octanol–water partition coefficient (Wildman–Crippen LogP) is 4.20. The molecule has 2 aromatic carbocycles. The Bertz CT molecular complexity index is 593. The van der Waals surface area contributed by atoms with Crippen LogP contribution in [0.25, 0.3) is 6.08 Å². The number of benzene rings is 2. The molecule has 2 aromatic rings. The maximum atomic E-state index is 12.7. The molecular weight excluding hydrogens is 309 g/mol. The summed E-state index contributed by atoms with van der Waals surface area (Å²) in [6.07, 6.45) is 1.72. The van der Waals surface area contributed by atoms with Crippen LogP contribution in [0, 0.1) is 5.82 Å². The standard InChI is InChI=1S/C15H11BrFNO/c16-14(10-11-4-2-1-3-5-11)15(19)18-13-8-6-12(17)7-9-13/h1-10H,(H,18,19). The van der Waals surface area contributed by atoms with Gasteiger partial charge in [-0.15, -0.1) is 0 Å². The van der Waals surface area contributed by atoms with Crippen LogP contribution >= 0.6 is 15.9 Å². The van der Waals surface area contributed by atoms with Crippen LogP contribution in [0.2, 0.25) is 0 Å². The van der Waals surface area contributed by atoms with Gasteiger partial charge in [-0.1, -0.05) is 30.3 Å². The first kappa shape index (κ1) is 13.5. The molecule has 96 valence electrons. The third-order valence-electron chi connectivity index (χ3n) is 2.41. The van der Waals surface area contributed by atoms with E-state index in [9.17, 15) is 9.18 Å². The molecule has 4 heteroatoms. The first-order chi connectivity index (χ1) is 9.15. The summed E-state index contributed by atoms with van der Waals surface area (Å²) in [6, 6.07) is 15.1. The van der Waals surface area contributed by atoms with Gasteiger partial charge in [-0.3, -0.25) is 4.79 Å². The zero-order valence-electron chi connectivity index (χ0n) is 9.94. The summed E-state index contributed by atoms with van der Waals surface area (Å²) >= 11 is 3.23. The molecule has 1 amide bonds. The molecule has 0 aliphatic heterocycles. The highest BCUT2D eigenvalue weighted by molar-refractivity contribution is 9.12. The van der Waals surface area contributed by atoms with E-state index in [0.717, 1.165) is 5.56 Å². The van der Waals surface area contributed by atoms with Gasteiger partial charge in [0.1, 0.15) is 5.82 Å². The Labute approximate surface area is 119 Å². The van der Waals surface area contributed by atoms with Crippen molar-refractivity contribution in [3.8, 4) is 0 Å². The number of rotatable bonds is 3. The quantitative estimate of drug-likeness (QED) is 0.844. The van der Waals surface area contributed by atoms with Crippen LogP contribution in [0.3, 0.4) is 0 Å². The number of amides is 1. The SMILES string of the molecule is O=C(Nc1ccc(F)cc1)C(Br)=Cc1ccccc1. The minimum absolute atomic E-state index is 0.282. The lowest BCUT2D eigenvalue weighted by Gasteiger charge is -2.04. The van der Waals surface area contributed by atoms with Crippen molar-refractivity contribution in [3.63, 3.8) is 0 Å². The number of hydrogen-bond acceptors (Lipinski definition) is 1. The summed E-state index contributed by atoms with van der Waals surface area (Å²) in [7, 11) is 0. The van der Waals surface area contributed by atoms with Crippen molar-refractivity contribution >= 4 is 33.6 Å². The van der Waals surface area contributed by atoms with Crippen LogP contribution < -0.4 is 5.32 Å². The summed E-state index contributed by atoms with van der Waals surface area (Å²) in [5, 5.41) is 2.67. The van der Waals surface area contributed by atoms with Gasteiger partial charge in [0.25, 0.3) is 5.91 Å². The smallest absolute Gasteiger partial charge is 0.262 e. The summed E-state index contributed by atoms with van der Waals surface area (Å²) in [5.74, 6) is -0.618. The van der Waals surface area contributed by atoms with E-state index in [1.54, 1.807) is 6.08 Å². The van der Waals surface area contributed by atoms with Gasteiger partial charge in [-0.25, -0.2) is 4.39 Å². The van der Waals surface area contributed by atoms with Crippen molar-refractivity contribution in [2.75, 3.05) is 5.32 Å². The molecule has 1 N–H and O–H groups in total. The Morgan fingerprint density at radius 1 is 1.05 bits per heavy atom. The maximum absolute atomic E-state index is 12.7. The highest BCUT2D eigenvalue weighted by atomic mass is 79.9. The summed E-state index contributed by atoms with van der Waals surface area (Å²) in [4.78, 5) is 11.9. The van der Waals surface area contributed by atoms with Crippen LogP contribution in [0.5, 0.6) is 0 Å². The van der Waals surface area contributed by atoms with Crippen molar-refractivity contribution in [2.45, 2.75) is 0 Å². The second-order valence-corrected chi connectivity index (χ2v) is 4.72. The first-order valence-corrected chi connectivity index (χ1v) is 6.43. The Morgan fingerprint density at radius 2 is 1.68 bits per heavy atom. The second-order valence-electron chi connectivity index (χ2n) is 3.86.